The minimum Gasteiger partial charge on any atom is -0.334 e. The molecule has 0 N–H and O–H groups in total. The van der Waals surface area contributed by atoms with Crippen molar-refractivity contribution < 1.29 is 9.59 Å². The van der Waals surface area contributed by atoms with Crippen molar-refractivity contribution in [3.8, 4) is 0 Å². The Balaban J connectivity index is 1.85. The molecule has 0 aliphatic carbocycles. The van der Waals surface area contributed by atoms with E-state index in [1.807, 2.05) is 0 Å². The van der Waals surface area contributed by atoms with E-state index in [2.05, 4.69) is 11.8 Å². The summed E-state index contributed by atoms with van der Waals surface area (Å²) < 4.78 is 0. The molecule has 2 amide bonds. The van der Waals surface area contributed by atoms with Crippen molar-refractivity contribution in [2.45, 2.75) is 19.8 Å². The third-order valence-corrected chi connectivity index (χ3v) is 3.68. The van der Waals surface area contributed by atoms with Gasteiger partial charge in [-0.2, -0.15) is 0 Å². The first-order valence-corrected chi connectivity index (χ1v) is 6.53. The topological polar surface area (TPSA) is 43.9 Å². The number of hydrogen-bond donors (Lipinski definition) is 0. The highest BCUT2D eigenvalue weighted by atomic mass is 16.2. The van der Waals surface area contributed by atoms with Crippen LogP contribution in [0.5, 0.6) is 0 Å². The van der Waals surface area contributed by atoms with E-state index in [0.717, 1.165) is 45.6 Å². The molecule has 17 heavy (non-hydrogen) atoms. The Morgan fingerprint density at radius 1 is 0.824 bits per heavy atom. The molecule has 2 aliphatic heterocycles. The number of amides is 2. The van der Waals surface area contributed by atoms with Gasteiger partial charge in [0.05, 0.1) is 0 Å². The number of rotatable bonds is 1. The molecule has 2 fully saturated rings. The summed E-state index contributed by atoms with van der Waals surface area (Å²) in [4.78, 5) is 29.6. The number of carbonyl (C=O) groups excluding carboxylic acids is 2. The molecule has 2 rings (SSSR count). The standard InChI is InChI=1S/C12H21N3O2/c1-2-13-7-9-15(10-8-13)12(17)11(16)14-5-3-4-6-14/h2-10H2,1H3. The van der Waals surface area contributed by atoms with Crippen LogP contribution < -0.4 is 0 Å². The Bertz CT molecular complexity index is 292. The van der Waals surface area contributed by atoms with Crippen molar-refractivity contribution in [2.75, 3.05) is 45.8 Å². The summed E-state index contributed by atoms with van der Waals surface area (Å²) in [5.41, 5.74) is 0. The third kappa shape index (κ3) is 2.77. The monoisotopic (exact) mass is 239 g/mol. The van der Waals surface area contributed by atoms with E-state index in [-0.39, 0.29) is 11.8 Å². The van der Waals surface area contributed by atoms with Crippen LogP contribution in [0, 0.1) is 0 Å². The summed E-state index contributed by atoms with van der Waals surface area (Å²) in [6.45, 7) is 7.78. The SMILES string of the molecule is CCN1CCN(C(=O)C(=O)N2CCCC2)CC1. The van der Waals surface area contributed by atoms with Crippen molar-refractivity contribution in [1.29, 1.82) is 0 Å². The fourth-order valence-corrected chi connectivity index (χ4v) is 2.46. The molecule has 0 aromatic carbocycles. The van der Waals surface area contributed by atoms with E-state index in [1.54, 1.807) is 9.80 Å². The second-order valence-corrected chi connectivity index (χ2v) is 4.73. The quantitative estimate of drug-likeness (QED) is 0.594. The largest absolute Gasteiger partial charge is 0.334 e. The van der Waals surface area contributed by atoms with Crippen molar-refractivity contribution in [2.24, 2.45) is 0 Å². The van der Waals surface area contributed by atoms with Gasteiger partial charge in [0.25, 0.3) is 0 Å². The van der Waals surface area contributed by atoms with Gasteiger partial charge < -0.3 is 14.7 Å². The summed E-state index contributed by atoms with van der Waals surface area (Å²) in [6, 6.07) is 0. The highest BCUT2D eigenvalue weighted by Gasteiger charge is 2.30. The Hall–Kier alpha value is -1.10. The molecule has 0 spiro atoms. The van der Waals surface area contributed by atoms with Gasteiger partial charge in [0, 0.05) is 39.3 Å². The number of carbonyl (C=O) groups is 2. The fraction of sp³-hybridized carbons (Fsp3) is 0.833. The lowest BCUT2D eigenvalue weighted by Crippen LogP contribution is -2.52. The van der Waals surface area contributed by atoms with Gasteiger partial charge in [-0.1, -0.05) is 6.92 Å². The van der Waals surface area contributed by atoms with Crippen LogP contribution in [0.3, 0.4) is 0 Å². The first kappa shape index (κ1) is 12.4. The Morgan fingerprint density at radius 3 is 1.76 bits per heavy atom. The molecule has 5 heteroatoms. The molecule has 2 aliphatic rings. The molecule has 96 valence electrons. The van der Waals surface area contributed by atoms with Crippen LogP contribution in [0.15, 0.2) is 0 Å². The lowest BCUT2D eigenvalue weighted by molar-refractivity contribution is -0.152. The summed E-state index contributed by atoms with van der Waals surface area (Å²) in [5, 5.41) is 0. The second kappa shape index (κ2) is 5.49. The van der Waals surface area contributed by atoms with Crippen LogP contribution >= 0.6 is 0 Å². The zero-order valence-corrected chi connectivity index (χ0v) is 10.5. The normalized spacial score (nSPS) is 21.9. The van der Waals surface area contributed by atoms with Gasteiger partial charge in [0.15, 0.2) is 0 Å². The third-order valence-electron chi connectivity index (χ3n) is 3.68. The lowest BCUT2D eigenvalue weighted by atomic mass is 10.3. The van der Waals surface area contributed by atoms with Crippen LogP contribution in [0.2, 0.25) is 0 Å². The van der Waals surface area contributed by atoms with Gasteiger partial charge in [0.1, 0.15) is 0 Å². The second-order valence-electron chi connectivity index (χ2n) is 4.73. The van der Waals surface area contributed by atoms with Crippen LogP contribution in [-0.4, -0.2) is 72.3 Å². The smallest absolute Gasteiger partial charge is 0.312 e. The Labute approximate surface area is 102 Å². The van der Waals surface area contributed by atoms with Crippen LogP contribution in [0.1, 0.15) is 19.8 Å². The molecule has 2 saturated heterocycles. The number of nitrogens with zero attached hydrogens (tertiary/aromatic N) is 3. The van der Waals surface area contributed by atoms with E-state index in [4.69, 9.17) is 0 Å². The molecule has 2 heterocycles. The molecule has 0 aromatic rings. The molecule has 0 saturated carbocycles. The fourth-order valence-electron chi connectivity index (χ4n) is 2.46. The maximum atomic E-state index is 12.0. The zero-order valence-electron chi connectivity index (χ0n) is 10.5. The minimum atomic E-state index is -0.303. The highest BCUT2D eigenvalue weighted by molar-refractivity contribution is 6.34. The molecule has 5 nitrogen and oxygen atoms in total. The van der Waals surface area contributed by atoms with Gasteiger partial charge in [0.2, 0.25) is 0 Å². The summed E-state index contributed by atoms with van der Waals surface area (Å²) in [6.07, 6.45) is 2.06. The van der Waals surface area contributed by atoms with Crippen molar-refractivity contribution in [3.63, 3.8) is 0 Å². The highest BCUT2D eigenvalue weighted by Crippen LogP contribution is 2.10. The van der Waals surface area contributed by atoms with Gasteiger partial charge in [-0.15, -0.1) is 0 Å². The summed E-state index contributed by atoms with van der Waals surface area (Å²) in [5.74, 6) is -0.602. The number of hydrogen-bond acceptors (Lipinski definition) is 3. The zero-order chi connectivity index (χ0) is 12.3. The van der Waals surface area contributed by atoms with E-state index in [0.29, 0.717) is 13.1 Å². The number of likely N-dealkylation sites (tertiary alicyclic amines) is 1. The minimum absolute atomic E-state index is 0.299. The number of likely N-dealkylation sites (N-methyl/N-ethyl adjacent to an activating group) is 1. The molecule has 0 aromatic heterocycles. The molecular weight excluding hydrogens is 218 g/mol. The van der Waals surface area contributed by atoms with Crippen molar-refractivity contribution >= 4 is 11.8 Å². The van der Waals surface area contributed by atoms with Gasteiger partial charge >= 0.3 is 11.8 Å². The van der Waals surface area contributed by atoms with E-state index < -0.39 is 0 Å². The van der Waals surface area contributed by atoms with Gasteiger partial charge in [-0.05, 0) is 19.4 Å². The van der Waals surface area contributed by atoms with Gasteiger partial charge in [-0.3, -0.25) is 9.59 Å². The van der Waals surface area contributed by atoms with E-state index in [9.17, 15) is 9.59 Å². The average molecular weight is 239 g/mol. The number of piperazine rings is 1. The van der Waals surface area contributed by atoms with Crippen LogP contribution in [-0.2, 0) is 9.59 Å². The summed E-state index contributed by atoms with van der Waals surface area (Å²) >= 11 is 0. The first-order valence-electron chi connectivity index (χ1n) is 6.53. The molecule has 0 unspecified atom stereocenters. The maximum absolute atomic E-state index is 12.0. The first-order chi connectivity index (χ1) is 8.22. The lowest BCUT2D eigenvalue weighted by Gasteiger charge is -2.34. The molecular formula is C12H21N3O2. The van der Waals surface area contributed by atoms with Crippen LogP contribution in [0.25, 0.3) is 0 Å². The Kier molecular flexibility index (Phi) is 3.99. The average Bonchev–Trinajstić information content (AvgIpc) is 2.91. The molecule has 0 radical (unpaired) electrons. The predicted octanol–water partition coefficient (Wildman–Crippen LogP) is -0.227. The van der Waals surface area contributed by atoms with E-state index in [1.165, 1.54) is 0 Å². The van der Waals surface area contributed by atoms with Gasteiger partial charge in [-0.25, -0.2) is 0 Å². The molecule has 0 atom stereocenters. The maximum Gasteiger partial charge on any atom is 0.312 e. The summed E-state index contributed by atoms with van der Waals surface area (Å²) in [7, 11) is 0. The van der Waals surface area contributed by atoms with E-state index >= 15 is 0 Å². The predicted molar refractivity (Wildman–Crippen MR) is 64.5 cm³/mol. The Morgan fingerprint density at radius 2 is 1.29 bits per heavy atom. The van der Waals surface area contributed by atoms with Crippen molar-refractivity contribution in [3.05, 3.63) is 0 Å². The van der Waals surface area contributed by atoms with Crippen molar-refractivity contribution in [1.82, 2.24) is 14.7 Å². The molecule has 0 bridgehead atoms. The van der Waals surface area contributed by atoms with Crippen LogP contribution in [0.4, 0.5) is 0 Å².